The van der Waals surface area contributed by atoms with E-state index in [1.165, 1.54) is 31.3 Å². The summed E-state index contributed by atoms with van der Waals surface area (Å²) in [5.41, 5.74) is 1.01. The standard InChI is InChI=1S/C21H33N3O3S2/c1-7-24(8-2)19(25)17-14(5)16(20(26)27-6)18(29-17)23-21(28)22-15-11-9-10-12(3)13(15)4/h12-13,15H,7-11H2,1-6H3,(H2,22,23,28). The van der Waals surface area contributed by atoms with E-state index in [0.29, 0.717) is 57.1 Å². The molecule has 0 aromatic carbocycles. The highest BCUT2D eigenvalue weighted by Crippen LogP contribution is 2.35. The third kappa shape index (κ3) is 5.28. The van der Waals surface area contributed by atoms with E-state index >= 15 is 0 Å². The summed E-state index contributed by atoms with van der Waals surface area (Å²) in [6.07, 6.45) is 3.50. The molecule has 2 N–H and O–H groups in total. The zero-order valence-electron chi connectivity index (χ0n) is 18.3. The van der Waals surface area contributed by atoms with Gasteiger partial charge in [-0.3, -0.25) is 4.79 Å². The molecule has 2 rings (SSSR count). The van der Waals surface area contributed by atoms with E-state index in [1.807, 2.05) is 13.8 Å². The molecule has 1 aromatic rings. The van der Waals surface area contributed by atoms with Crippen molar-refractivity contribution in [3.05, 3.63) is 16.0 Å². The van der Waals surface area contributed by atoms with Crippen LogP contribution in [0.3, 0.4) is 0 Å². The third-order valence-corrected chi connectivity index (χ3v) is 7.45. The highest BCUT2D eigenvalue weighted by atomic mass is 32.1. The van der Waals surface area contributed by atoms with Gasteiger partial charge in [0.1, 0.15) is 5.00 Å². The zero-order valence-corrected chi connectivity index (χ0v) is 19.9. The Bertz CT molecular complexity index is 759. The molecule has 1 aromatic heterocycles. The molecular formula is C21H33N3O3S2. The number of hydrogen-bond acceptors (Lipinski definition) is 5. The molecule has 3 atom stereocenters. The third-order valence-electron chi connectivity index (χ3n) is 6.03. The van der Waals surface area contributed by atoms with Crippen LogP contribution in [0.4, 0.5) is 5.00 Å². The first-order valence-electron chi connectivity index (χ1n) is 10.3. The normalized spacial score (nSPS) is 21.4. The number of nitrogens with zero attached hydrogens (tertiary/aromatic N) is 1. The van der Waals surface area contributed by atoms with Gasteiger partial charge in [0.05, 0.1) is 17.6 Å². The molecular weight excluding hydrogens is 406 g/mol. The van der Waals surface area contributed by atoms with E-state index in [2.05, 4.69) is 24.5 Å². The molecule has 8 heteroatoms. The lowest BCUT2D eigenvalue weighted by Gasteiger charge is -2.35. The molecule has 0 radical (unpaired) electrons. The highest BCUT2D eigenvalue weighted by molar-refractivity contribution is 7.80. The van der Waals surface area contributed by atoms with Crippen LogP contribution in [0.25, 0.3) is 0 Å². The van der Waals surface area contributed by atoms with Gasteiger partial charge in [-0.25, -0.2) is 4.79 Å². The van der Waals surface area contributed by atoms with Crippen molar-refractivity contribution in [1.82, 2.24) is 10.2 Å². The molecule has 0 aliphatic heterocycles. The van der Waals surface area contributed by atoms with Crippen LogP contribution < -0.4 is 10.6 Å². The van der Waals surface area contributed by atoms with Gasteiger partial charge in [0.2, 0.25) is 0 Å². The van der Waals surface area contributed by atoms with E-state index in [-0.39, 0.29) is 5.91 Å². The van der Waals surface area contributed by atoms with Gasteiger partial charge in [0.25, 0.3) is 5.91 Å². The quantitative estimate of drug-likeness (QED) is 0.505. The van der Waals surface area contributed by atoms with E-state index in [1.54, 1.807) is 11.8 Å². The zero-order chi connectivity index (χ0) is 21.7. The number of thiophene rings is 1. The Morgan fingerprint density at radius 1 is 1.24 bits per heavy atom. The smallest absolute Gasteiger partial charge is 0.341 e. The van der Waals surface area contributed by atoms with Gasteiger partial charge in [-0.15, -0.1) is 11.3 Å². The minimum atomic E-state index is -0.470. The number of anilines is 1. The Morgan fingerprint density at radius 3 is 2.48 bits per heavy atom. The maximum atomic E-state index is 12.9. The van der Waals surface area contributed by atoms with Gasteiger partial charge in [0, 0.05) is 19.1 Å². The summed E-state index contributed by atoms with van der Waals surface area (Å²) in [6, 6.07) is 0.304. The van der Waals surface area contributed by atoms with Crippen LogP contribution >= 0.6 is 23.6 Å². The van der Waals surface area contributed by atoms with Crippen LogP contribution in [-0.4, -0.2) is 48.1 Å². The summed E-state index contributed by atoms with van der Waals surface area (Å²) in [5.74, 6) is 0.622. The Labute approximate surface area is 183 Å². The van der Waals surface area contributed by atoms with Crippen molar-refractivity contribution in [2.24, 2.45) is 11.8 Å². The SMILES string of the molecule is CCN(CC)C(=O)c1sc(NC(=S)NC2CCCC(C)C2C)c(C(=O)OC)c1C. The molecule has 1 heterocycles. The number of carbonyl (C=O) groups excluding carboxylic acids is 2. The molecule has 1 fully saturated rings. The topological polar surface area (TPSA) is 70.7 Å². The average molecular weight is 440 g/mol. The van der Waals surface area contributed by atoms with Crippen molar-refractivity contribution in [3.63, 3.8) is 0 Å². The highest BCUT2D eigenvalue weighted by Gasteiger charge is 2.30. The molecule has 6 nitrogen and oxygen atoms in total. The second-order valence-corrected chi connectivity index (χ2v) is 9.13. The maximum Gasteiger partial charge on any atom is 0.341 e. The Kier molecular flexibility index (Phi) is 8.46. The molecule has 1 aliphatic rings. The van der Waals surface area contributed by atoms with Crippen LogP contribution in [0.2, 0.25) is 0 Å². The van der Waals surface area contributed by atoms with Crippen LogP contribution in [0.5, 0.6) is 0 Å². The van der Waals surface area contributed by atoms with Crippen molar-refractivity contribution in [3.8, 4) is 0 Å². The first-order chi connectivity index (χ1) is 13.7. The summed E-state index contributed by atoms with van der Waals surface area (Å²) >= 11 is 6.80. The predicted octanol–water partition coefficient (Wildman–Crippen LogP) is 4.44. The first kappa shape index (κ1) is 23.6. The number of esters is 1. The molecule has 0 spiro atoms. The number of ether oxygens (including phenoxy) is 1. The Morgan fingerprint density at radius 2 is 1.90 bits per heavy atom. The van der Waals surface area contributed by atoms with Gasteiger partial charge in [0.15, 0.2) is 5.11 Å². The molecule has 29 heavy (non-hydrogen) atoms. The fourth-order valence-corrected chi connectivity index (χ4v) is 5.39. The van der Waals surface area contributed by atoms with Crippen molar-refractivity contribution >= 4 is 45.5 Å². The molecule has 1 aliphatic carbocycles. The predicted molar refractivity (Wildman–Crippen MR) is 123 cm³/mol. The summed E-state index contributed by atoms with van der Waals surface area (Å²) in [6.45, 7) is 11.4. The van der Waals surface area contributed by atoms with Crippen molar-refractivity contribution in [2.75, 3.05) is 25.5 Å². The molecule has 3 unspecified atom stereocenters. The number of carbonyl (C=O) groups is 2. The van der Waals surface area contributed by atoms with Crippen LogP contribution in [-0.2, 0) is 4.74 Å². The Balaban J connectivity index is 2.26. The van der Waals surface area contributed by atoms with Gasteiger partial charge >= 0.3 is 5.97 Å². The lowest BCUT2D eigenvalue weighted by molar-refractivity contribution is 0.0601. The first-order valence-corrected chi connectivity index (χ1v) is 11.6. The molecule has 0 bridgehead atoms. The fraction of sp³-hybridized carbons (Fsp3) is 0.667. The lowest BCUT2D eigenvalue weighted by atomic mass is 9.78. The van der Waals surface area contributed by atoms with Crippen LogP contribution in [0.1, 0.15) is 72.6 Å². The molecule has 1 amide bonds. The fourth-order valence-electron chi connectivity index (χ4n) is 3.90. The van der Waals surface area contributed by atoms with E-state index < -0.39 is 5.97 Å². The van der Waals surface area contributed by atoms with Crippen molar-refractivity contribution in [2.45, 2.75) is 59.9 Å². The van der Waals surface area contributed by atoms with Crippen molar-refractivity contribution in [1.29, 1.82) is 0 Å². The summed E-state index contributed by atoms with van der Waals surface area (Å²) in [4.78, 5) is 27.6. The molecule has 0 saturated heterocycles. The Hall–Kier alpha value is -1.67. The van der Waals surface area contributed by atoms with Gasteiger partial charge in [-0.05, 0) is 56.8 Å². The van der Waals surface area contributed by atoms with Crippen LogP contribution in [0, 0.1) is 18.8 Å². The number of rotatable bonds is 6. The van der Waals surface area contributed by atoms with E-state index in [4.69, 9.17) is 17.0 Å². The maximum absolute atomic E-state index is 12.9. The second kappa shape index (κ2) is 10.4. The number of methoxy groups -OCH3 is 1. The second-order valence-electron chi connectivity index (χ2n) is 7.70. The van der Waals surface area contributed by atoms with Crippen LogP contribution in [0.15, 0.2) is 0 Å². The number of hydrogen-bond donors (Lipinski definition) is 2. The summed E-state index contributed by atoms with van der Waals surface area (Å²) < 4.78 is 4.97. The summed E-state index contributed by atoms with van der Waals surface area (Å²) in [7, 11) is 1.34. The average Bonchev–Trinajstić information content (AvgIpc) is 3.01. The van der Waals surface area contributed by atoms with Crippen molar-refractivity contribution < 1.29 is 14.3 Å². The summed E-state index contributed by atoms with van der Waals surface area (Å²) in [5, 5.41) is 7.61. The monoisotopic (exact) mass is 439 g/mol. The lowest BCUT2D eigenvalue weighted by Crippen LogP contribution is -2.45. The van der Waals surface area contributed by atoms with Gasteiger partial charge in [-0.1, -0.05) is 26.7 Å². The molecule has 162 valence electrons. The minimum Gasteiger partial charge on any atom is -0.465 e. The van der Waals surface area contributed by atoms with E-state index in [9.17, 15) is 9.59 Å². The number of thiocarbonyl (C=S) groups is 1. The van der Waals surface area contributed by atoms with Gasteiger partial charge < -0.3 is 20.3 Å². The molecule has 1 saturated carbocycles. The minimum absolute atomic E-state index is 0.0793. The largest absolute Gasteiger partial charge is 0.465 e. The number of nitrogens with one attached hydrogen (secondary N) is 2. The van der Waals surface area contributed by atoms with Gasteiger partial charge in [-0.2, -0.15) is 0 Å². The van der Waals surface area contributed by atoms with E-state index in [0.717, 1.165) is 6.42 Å². The number of amides is 1.